The number of halogens is 1. The fourth-order valence-corrected chi connectivity index (χ4v) is 2.65. The van der Waals surface area contributed by atoms with Crippen molar-refractivity contribution in [1.29, 1.82) is 0 Å². The number of imidazole rings is 1. The number of hydrogen-bond donors (Lipinski definition) is 0. The first-order valence-electron chi connectivity index (χ1n) is 5.94. The summed E-state index contributed by atoms with van der Waals surface area (Å²) in [6.07, 6.45) is 7.42. The predicted molar refractivity (Wildman–Crippen MR) is 81.8 cm³/mol. The third-order valence-corrected chi connectivity index (χ3v) is 4.01. The Kier molecular flexibility index (Phi) is 3.54. The van der Waals surface area contributed by atoms with Crippen molar-refractivity contribution in [3.05, 3.63) is 41.9 Å². The third-order valence-electron chi connectivity index (χ3n) is 3.02. The fourth-order valence-electron chi connectivity index (χ4n) is 2.03. The summed E-state index contributed by atoms with van der Waals surface area (Å²) in [7, 11) is 1.66. The van der Waals surface area contributed by atoms with Crippen molar-refractivity contribution >= 4 is 29.0 Å². The lowest BCUT2D eigenvalue weighted by Crippen LogP contribution is -1.88. The molecule has 102 valence electrons. The van der Waals surface area contributed by atoms with Crippen molar-refractivity contribution in [3.63, 3.8) is 0 Å². The summed E-state index contributed by atoms with van der Waals surface area (Å²) in [6.45, 7) is 0. The molecule has 3 aromatic rings. The lowest BCUT2D eigenvalue weighted by molar-refractivity contribution is 0.415. The number of fused-ring (bicyclic) bond motifs is 1. The molecule has 0 aliphatic rings. The van der Waals surface area contributed by atoms with Gasteiger partial charge in [-0.1, -0.05) is 11.6 Å². The number of nitrogens with zero attached hydrogens (tertiary/aromatic N) is 3. The van der Waals surface area contributed by atoms with E-state index >= 15 is 0 Å². The molecule has 0 radical (unpaired) electrons. The molecule has 4 nitrogen and oxygen atoms in total. The van der Waals surface area contributed by atoms with E-state index in [1.807, 2.05) is 41.2 Å². The number of aromatic nitrogens is 3. The number of rotatable bonds is 3. The molecule has 2 aromatic heterocycles. The molecule has 0 spiro atoms. The number of hydrogen-bond acceptors (Lipinski definition) is 4. The van der Waals surface area contributed by atoms with Crippen molar-refractivity contribution < 1.29 is 4.74 Å². The smallest absolute Gasteiger partial charge is 0.175 e. The highest BCUT2D eigenvalue weighted by atomic mass is 35.5. The van der Waals surface area contributed by atoms with Gasteiger partial charge in [0.25, 0.3) is 0 Å². The Hall–Kier alpha value is -1.72. The van der Waals surface area contributed by atoms with E-state index in [4.69, 9.17) is 16.3 Å². The molecule has 0 unspecified atom stereocenters. The Morgan fingerprint density at radius 2 is 2.20 bits per heavy atom. The summed E-state index contributed by atoms with van der Waals surface area (Å²) in [6, 6.07) is 6.06. The minimum absolute atomic E-state index is 0.387. The van der Waals surface area contributed by atoms with Gasteiger partial charge in [-0.25, -0.2) is 9.97 Å². The number of ether oxygens (including phenoxy) is 1. The first-order chi connectivity index (χ1) is 9.72. The summed E-state index contributed by atoms with van der Waals surface area (Å²) < 4.78 is 7.31. The maximum absolute atomic E-state index is 6.05. The largest absolute Gasteiger partial charge is 0.496 e. The van der Waals surface area contributed by atoms with Crippen LogP contribution in [0.5, 0.6) is 5.75 Å². The number of benzene rings is 1. The summed E-state index contributed by atoms with van der Waals surface area (Å²) in [4.78, 5) is 9.71. The Morgan fingerprint density at radius 1 is 1.35 bits per heavy atom. The molecule has 1 aromatic carbocycles. The highest BCUT2D eigenvalue weighted by Gasteiger charge is 2.12. The van der Waals surface area contributed by atoms with Crippen molar-refractivity contribution in [2.24, 2.45) is 0 Å². The van der Waals surface area contributed by atoms with Gasteiger partial charge in [0.1, 0.15) is 5.75 Å². The van der Waals surface area contributed by atoms with E-state index in [9.17, 15) is 0 Å². The van der Waals surface area contributed by atoms with Crippen molar-refractivity contribution in [3.8, 4) is 17.0 Å². The maximum Gasteiger partial charge on any atom is 0.175 e. The molecule has 0 atom stereocenters. The van der Waals surface area contributed by atoms with E-state index in [0.717, 1.165) is 21.9 Å². The molecule has 6 heteroatoms. The van der Waals surface area contributed by atoms with E-state index < -0.39 is 0 Å². The zero-order chi connectivity index (χ0) is 14.1. The molecule has 2 heterocycles. The fraction of sp³-hybridized carbons (Fsp3) is 0.143. The van der Waals surface area contributed by atoms with Crippen LogP contribution in [0.4, 0.5) is 0 Å². The minimum Gasteiger partial charge on any atom is -0.496 e. The monoisotopic (exact) mass is 305 g/mol. The average Bonchev–Trinajstić information content (AvgIpc) is 2.92. The van der Waals surface area contributed by atoms with Crippen LogP contribution in [0.15, 0.2) is 41.7 Å². The third kappa shape index (κ3) is 2.23. The van der Waals surface area contributed by atoms with Gasteiger partial charge in [0, 0.05) is 29.0 Å². The summed E-state index contributed by atoms with van der Waals surface area (Å²) in [5.41, 5.74) is 2.38. The quantitative estimate of drug-likeness (QED) is 0.690. The van der Waals surface area contributed by atoms with Gasteiger partial charge in [0.15, 0.2) is 10.8 Å². The maximum atomic E-state index is 6.05. The lowest BCUT2D eigenvalue weighted by Gasteiger charge is -2.07. The zero-order valence-corrected chi connectivity index (χ0v) is 12.6. The van der Waals surface area contributed by atoms with Gasteiger partial charge in [-0.05, 0) is 24.5 Å². The summed E-state index contributed by atoms with van der Waals surface area (Å²) >= 11 is 7.72. The van der Waals surface area contributed by atoms with Gasteiger partial charge >= 0.3 is 0 Å². The van der Waals surface area contributed by atoms with Crippen LogP contribution in [0.25, 0.3) is 16.9 Å². The Labute approximate surface area is 125 Å². The highest BCUT2D eigenvalue weighted by Crippen LogP contribution is 2.33. The van der Waals surface area contributed by atoms with Gasteiger partial charge < -0.3 is 9.14 Å². The Bertz CT molecular complexity index is 772. The van der Waals surface area contributed by atoms with Crippen molar-refractivity contribution in [1.82, 2.24) is 14.4 Å². The summed E-state index contributed by atoms with van der Waals surface area (Å²) in [5.74, 6) is 0.796. The summed E-state index contributed by atoms with van der Waals surface area (Å²) in [5, 5.41) is 0.387. The molecule has 0 bridgehead atoms. The van der Waals surface area contributed by atoms with Gasteiger partial charge in [-0.2, -0.15) is 0 Å². The predicted octanol–water partition coefficient (Wildman–Crippen LogP) is 3.78. The molecule has 3 rings (SSSR count). The van der Waals surface area contributed by atoms with E-state index in [2.05, 4.69) is 9.97 Å². The van der Waals surface area contributed by atoms with Gasteiger partial charge in [-0.15, -0.1) is 11.8 Å². The molecular formula is C14H12ClN3OS. The van der Waals surface area contributed by atoms with Gasteiger partial charge in [-0.3, -0.25) is 0 Å². The molecule has 0 saturated carbocycles. The number of methoxy groups -OCH3 is 1. The van der Waals surface area contributed by atoms with E-state index in [0.29, 0.717) is 10.8 Å². The molecule has 0 amide bonds. The molecule has 20 heavy (non-hydrogen) atoms. The van der Waals surface area contributed by atoms with Crippen LogP contribution in [0, 0.1) is 0 Å². The van der Waals surface area contributed by atoms with Crippen LogP contribution >= 0.6 is 23.4 Å². The minimum atomic E-state index is 0.387. The second kappa shape index (κ2) is 5.34. The molecule has 0 saturated heterocycles. The molecule has 0 aliphatic carbocycles. The average molecular weight is 306 g/mol. The van der Waals surface area contributed by atoms with E-state index in [1.54, 1.807) is 25.1 Å². The number of thioether (sulfide) groups is 1. The van der Waals surface area contributed by atoms with Crippen molar-refractivity contribution in [2.45, 2.75) is 4.90 Å². The van der Waals surface area contributed by atoms with Crippen LogP contribution in [-0.2, 0) is 0 Å². The first kappa shape index (κ1) is 13.3. The van der Waals surface area contributed by atoms with Crippen LogP contribution in [-0.4, -0.2) is 27.7 Å². The second-order valence-corrected chi connectivity index (χ2v) is 5.38. The second-order valence-electron chi connectivity index (χ2n) is 4.14. The van der Waals surface area contributed by atoms with Crippen LogP contribution < -0.4 is 4.74 Å². The standard InChI is InChI=1S/C14H12ClN3OS/c1-19-12-7-9(20-2)3-4-10(12)11-8-18-6-5-16-13(15)14(18)17-11/h3-8H,1-2H3. The van der Waals surface area contributed by atoms with Gasteiger partial charge in [0.05, 0.1) is 12.8 Å². The van der Waals surface area contributed by atoms with Crippen molar-refractivity contribution in [2.75, 3.05) is 13.4 Å². The SMILES string of the molecule is COc1cc(SC)ccc1-c1cn2ccnc(Cl)c2n1. The first-order valence-corrected chi connectivity index (χ1v) is 7.55. The topological polar surface area (TPSA) is 39.4 Å². The molecule has 0 N–H and O–H groups in total. The molecule has 0 fully saturated rings. The van der Waals surface area contributed by atoms with E-state index in [-0.39, 0.29) is 0 Å². The Balaban J connectivity index is 2.17. The lowest BCUT2D eigenvalue weighted by atomic mass is 10.1. The van der Waals surface area contributed by atoms with Gasteiger partial charge in [0.2, 0.25) is 0 Å². The zero-order valence-electron chi connectivity index (χ0n) is 11.0. The van der Waals surface area contributed by atoms with Crippen LogP contribution in [0.2, 0.25) is 5.15 Å². The van der Waals surface area contributed by atoms with Crippen LogP contribution in [0.3, 0.4) is 0 Å². The molecule has 0 aliphatic heterocycles. The highest BCUT2D eigenvalue weighted by molar-refractivity contribution is 7.98. The van der Waals surface area contributed by atoms with Crippen LogP contribution in [0.1, 0.15) is 0 Å². The Morgan fingerprint density at radius 3 is 2.90 bits per heavy atom. The van der Waals surface area contributed by atoms with E-state index in [1.165, 1.54) is 0 Å². The normalized spacial score (nSPS) is 10.9. The molecular weight excluding hydrogens is 294 g/mol.